The van der Waals surface area contributed by atoms with Gasteiger partial charge < -0.3 is 10.1 Å². The molecule has 1 amide bonds. The molecule has 0 aliphatic rings. The number of anilines is 1. The van der Waals surface area contributed by atoms with Gasteiger partial charge in [-0.25, -0.2) is 8.42 Å². The number of benzene rings is 2. The largest absolute Gasteiger partial charge is 0.497 e. The van der Waals surface area contributed by atoms with Gasteiger partial charge >= 0.3 is 0 Å². The number of aryl methyl sites for hydroxylation is 1. The summed E-state index contributed by atoms with van der Waals surface area (Å²) in [6, 6.07) is 13.2. The minimum absolute atomic E-state index is 0.350. The highest BCUT2D eigenvalue weighted by Gasteiger charge is 2.28. The number of hydrogen-bond acceptors (Lipinski definition) is 4. The van der Waals surface area contributed by atoms with Crippen molar-refractivity contribution < 1.29 is 17.9 Å². The maximum atomic E-state index is 12.5. The molecule has 1 atom stereocenters. The van der Waals surface area contributed by atoms with Gasteiger partial charge in [0.2, 0.25) is 15.9 Å². The van der Waals surface area contributed by atoms with Gasteiger partial charge in [-0.1, -0.05) is 23.7 Å². The lowest BCUT2D eigenvalue weighted by Crippen LogP contribution is -2.48. The monoisotopic (exact) mass is 424 g/mol. The third kappa shape index (κ3) is 6.14. The zero-order valence-electron chi connectivity index (χ0n) is 16.2. The molecule has 0 spiro atoms. The van der Waals surface area contributed by atoms with Crippen LogP contribution >= 0.6 is 11.6 Å². The van der Waals surface area contributed by atoms with Gasteiger partial charge in [-0.15, -0.1) is 0 Å². The van der Waals surface area contributed by atoms with Crippen LogP contribution in [-0.4, -0.2) is 40.3 Å². The number of sulfonamides is 1. The fourth-order valence-electron chi connectivity index (χ4n) is 2.84. The molecule has 0 aromatic heterocycles. The maximum absolute atomic E-state index is 12.5. The molecular weight excluding hydrogens is 400 g/mol. The second-order valence-electron chi connectivity index (χ2n) is 6.45. The van der Waals surface area contributed by atoms with Crippen LogP contribution in [0.4, 0.5) is 5.69 Å². The summed E-state index contributed by atoms with van der Waals surface area (Å²) in [7, 11) is -2.11. The summed E-state index contributed by atoms with van der Waals surface area (Å²) in [6.07, 6.45) is 2.61. The lowest BCUT2D eigenvalue weighted by atomic mass is 10.1. The fourth-order valence-corrected chi connectivity index (χ4v) is 4.14. The van der Waals surface area contributed by atoms with Gasteiger partial charge in [-0.05, 0) is 61.7 Å². The van der Waals surface area contributed by atoms with E-state index in [4.69, 9.17) is 16.3 Å². The summed E-state index contributed by atoms with van der Waals surface area (Å²) in [5, 5.41) is 3.50. The van der Waals surface area contributed by atoms with Gasteiger partial charge in [0.1, 0.15) is 11.8 Å². The highest BCUT2D eigenvalue weighted by molar-refractivity contribution is 7.92. The number of halogens is 1. The molecule has 8 heteroatoms. The number of carbonyl (C=O) groups is 1. The molecule has 1 N–H and O–H groups in total. The van der Waals surface area contributed by atoms with Crippen LogP contribution in [0.3, 0.4) is 0 Å². The van der Waals surface area contributed by atoms with Gasteiger partial charge in [0.05, 0.1) is 19.1 Å². The topological polar surface area (TPSA) is 75.7 Å². The van der Waals surface area contributed by atoms with Crippen LogP contribution in [0.5, 0.6) is 5.75 Å². The molecule has 0 bridgehead atoms. The van der Waals surface area contributed by atoms with Crippen molar-refractivity contribution in [2.45, 2.75) is 25.8 Å². The van der Waals surface area contributed by atoms with Crippen LogP contribution in [0.25, 0.3) is 0 Å². The van der Waals surface area contributed by atoms with Gasteiger partial charge in [0, 0.05) is 11.6 Å². The molecule has 0 fully saturated rings. The molecule has 152 valence electrons. The Hall–Kier alpha value is -2.25. The number of carbonyl (C=O) groups excluding carboxylic acids is 1. The van der Waals surface area contributed by atoms with Crippen LogP contribution in [0.2, 0.25) is 5.02 Å². The lowest BCUT2D eigenvalue weighted by Gasteiger charge is -2.28. The molecule has 1 unspecified atom stereocenters. The first-order chi connectivity index (χ1) is 13.2. The smallest absolute Gasteiger partial charge is 0.243 e. The summed E-state index contributed by atoms with van der Waals surface area (Å²) < 4.78 is 30.8. The van der Waals surface area contributed by atoms with E-state index in [0.717, 1.165) is 29.0 Å². The number of amides is 1. The Labute approximate surface area is 171 Å². The standard InChI is InChI=1S/C20H25ClN2O4S/c1-15(20(24)22-14-4-5-16-6-8-17(21)9-7-16)23(28(3,25)26)18-10-12-19(27-2)13-11-18/h6-13,15H,4-5,14H2,1-3H3,(H,22,24). The van der Waals surface area contributed by atoms with Crippen molar-refractivity contribution in [2.75, 3.05) is 24.2 Å². The summed E-state index contributed by atoms with van der Waals surface area (Å²) in [5.74, 6) is 0.258. The summed E-state index contributed by atoms with van der Waals surface area (Å²) >= 11 is 5.87. The van der Waals surface area contributed by atoms with E-state index in [-0.39, 0.29) is 5.91 Å². The second kappa shape index (κ2) is 9.80. The minimum atomic E-state index is -3.64. The van der Waals surface area contributed by atoms with E-state index >= 15 is 0 Å². The van der Waals surface area contributed by atoms with Gasteiger partial charge in [0.25, 0.3) is 0 Å². The zero-order valence-corrected chi connectivity index (χ0v) is 17.8. The van der Waals surface area contributed by atoms with Crippen LogP contribution in [0.1, 0.15) is 18.9 Å². The first-order valence-corrected chi connectivity index (χ1v) is 11.1. The predicted molar refractivity (Wildman–Crippen MR) is 113 cm³/mol. The highest BCUT2D eigenvalue weighted by Crippen LogP contribution is 2.23. The molecule has 2 aromatic rings. The molecular formula is C20H25ClN2O4S. The summed E-state index contributed by atoms with van der Waals surface area (Å²) in [6.45, 7) is 2.02. The van der Waals surface area contributed by atoms with Crippen LogP contribution in [-0.2, 0) is 21.2 Å². The minimum Gasteiger partial charge on any atom is -0.497 e. The van der Waals surface area contributed by atoms with Crippen molar-refractivity contribution in [2.24, 2.45) is 0 Å². The molecule has 2 rings (SSSR count). The Morgan fingerprint density at radius 3 is 2.29 bits per heavy atom. The third-order valence-corrected chi connectivity index (χ3v) is 5.76. The van der Waals surface area contributed by atoms with Crippen molar-refractivity contribution >= 4 is 33.2 Å². The molecule has 0 saturated heterocycles. The van der Waals surface area contributed by atoms with Gasteiger partial charge in [-0.3, -0.25) is 9.10 Å². The molecule has 6 nitrogen and oxygen atoms in total. The van der Waals surface area contributed by atoms with E-state index in [1.807, 2.05) is 24.3 Å². The number of rotatable bonds is 9. The molecule has 28 heavy (non-hydrogen) atoms. The summed E-state index contributed by atoms with van der Waals surface area (Å²) in [4.78, 5) is 12.5. The average molecular weight is 425 g/mol. The van der Waals surface area contributed by atoms with Crippen molar-refractivity contribution in [1.82, 2.24) is 5.32 Å². The molecule has 0 radical (unpaired) electrons. The molecule has 0 saturated carbocycles. The first-order valence-electron chi connectivity index (χ1n) is 8.88. The van der Waals surface area contributed by atoms with Crippen LogP contribution in [0, 0.1) is 0 Å². The van der Waals surface area contributed by atoms with Crippen LogP contribution < -0.4 is 14.4 Å². The van der Waals surface area contributed by atoms with Gasteiger partial charge in [-0.2, -0.15) is 0 Å². The lowest BCUT2D eigenvalue weighted by molar-refractivity contribution is -0.121. The Balaban J connectivity index is 1.97. The second-order valence-corrected chi connectivity index (χ2v) is 8.75. The Morgan fingerprint density at radius 2 is 1.75 bits per heavy atom. The number of ether oxygens (including phenoxy) is 1. The number of nitrogens with one attached hydrogen (secondary N) is 1. The van der Waals surface area contributed by atoms with Crippen molar-refractivity contribution in [3.63, 3.8) is 0 Å². The van der Waals surface area contributed by atoms with E-state index in [0.29, 0.717) is 23.0 Å². The van der Waals surface area contributed by atoms with E-state index in [1.54, 1.807) is 31.2 Å². The SMILES string of the molecule is COc1ccc(N(C(C)C(=O)NCCCc2ccc(Cl)cc2)S(C)(=O)=O)cc1. The predicted octanol–water partition coefficient (Wildman–Crippen LogP) is 3.25. The zero-order chi connectivity index (χ0) is 20.7. The quantitative estimate of drug-likeness (QED) is 0.627. The summed E-state index contributed by atoms with van der Waals surface area (Å²) in [5.41, 5.74) is 1.54. The van der Waals surface area contributed by atoms with Gasteiger partial charge in [0.15, 0.2) is 0 Å². The Bertz CT molecular complexity index is 883. The van der Waals surface area contributed by atoms with E-state index in [2.05, 4.69) is 5.32 Å². The van der Waals surface area contributed by atoms with E-state index in [1.165, 1.54) is 7.11 Å². The molecule has 0 aliphatic heterocycles. The maximum Gasteiger partial charge on any atom is 0.243 e. The third-order valence-electron chi connectivity index (χ3n) is 4.27. The number of nitrogens with zero attached hydrogens (tertiary/aromatic N) is 1. The number of methoxy groups -OCH3 is 1. The highest BCUT2D eigenvalue weighted by atomic mass is 35.5. The molecule has 2 aromatic carbocycles. The van der Waals surface area contributed by atoms with Crippen molar-refractivity contribution in [1.29, 1.82) is 0 Å². The van der Waals surface area contributed by atoms with Crippen molar-refractivity contribution in [3.05, 3.63) is 59.1 Å². The average Bonchev–Trinajstić information content (AvgIpc) is 2.66. The molecule has 0 aliphatic carbocycles. The van der Waals surface area contributed by atoms with Crippen molar-refractivity contribution in [3.8, 4) is 5.75 Å². The Kier molecular flexibility index (Phi) is 7.71. The number of hydrogen-bond donors (Lipinski definition) is 1. The normalized spacial score (nSPS) is 12.3. The first kappa shape index (κ1) is 22.0. The Morgan fingerprint density at radius 1 is 1.14 bits per heavy atom. The van der Waals surface area contributed by atoms with Crippen LogP contribution in [0.15, 0.2) is 48.5 Å². The fraction of sp³-hybridized carbons (Fsp3) is 0.350. The molecule has 0 heterocycles. The van der Waals surface area contributed by atoms with E-state index in [9.17, 15) is 13.2 Å². The van der Waals surface area contributed by atoms with E-state index < -0.39 is 16.1 Å².